The molecule has 8 rings (SSSR count). The van der Waals surface area contributed by atoms with E-state index in [0.717, 1.165) is 22.7 Å². The first-order chi connectivity index (χ1) is 15.5. The van der Waals surface area contributed by atoms with Crippen LogP contribution in [0.25, 0.3) is 16.6 Å². The number of ether oxygens (including phenoxy) is 1. The molecular formula is C24H22N6O2. The first-order valence-electron chi connectivity index (χ1n) is 10.9. The summed E-state index contributed by atoms with van der Waals surface area (Å²) in [7, 11) is 1.81. The molecule has 0 spiro atoms. The SMILES string of the molecule is CN(C(=O)c1cc2c(cn1)nc(N)c1cncn12)[C@@H]1COc2cc(C34CC(C3)C4)ccc21. The van der Waals surface area contributed by atoms with Crippen LogP contribution in [0.15, 0.2) is 43.0 Å². The minimum absolute atomic E-state index is 0.144. The molecule has 1 atom stereocenters. The van der Waals surface area contributed by atoms with Gasteiger partial charge in [0.25, 0.3) is 5.91 Å². The summed E-state index contributed by atoms with van der Waals surface area (Å²) in [5, 5.41) is 0. The summed E-state index contributed by atoms with van der Waals surface area (Å²) in [6.07, 6.45) is 8.84. The maximum absolute atomic E-state index is 13.4. The number of hydrogen-bond donors (Lipinski definition) is 1. The zero-order chi connectivity index (χ0) is 21.6. The quantitative estimate of drug-likeness (QED) is 0.540. The van der Waals surface area contributed by atoms with Crippen LogP contribution >= 0.6 is 0 Å². The monoisotopic (exact) mass is 426 g/mol. The summed E-state index contributed by atoms with van der Waals surface area (Å²) >= 11 is 0. The van der Waals surface area contributed by atoms with Crippen molar-refractivity contribution >= 4 is 28.3 Å². The molecule has 4 heterocycles. The molecule has 4 aromatic rings. The second kappa shape index (κ2) is 5.97. The van der Waals surface area contributed by atoms with E-state index in [2.05, 4.69) is 33.2 Å². The standard InChI is InChI=1S/C24H22N6O2/c1-29(20-11-32-21-4-14(2-3-15(20)21)24-6-13(7-24)8-24)23(31)16-5-18-17(9-27-16)28-22(25)19-10-26-12-30(18)19/h2-5,9-10,12-13,20H,6-8,11H2,1H3,(H2,25,28)/t13?,20-,24?/m1/s1. The van der Waals surface area contributed by atoms with E-state index in [1.54, 1.807) is 36.7 Å². The molecule has 4 aliphatic rings. The Morgan fingerprint density at radius 1 is 1.22 bits per heavy atom. The third kappa shape index (κ3) is 2.26. The number of anilines is 1. The number of amides is 1. The topological polar surface area (TPSA) is 98.6 Å². The Balaban J connectivity index is 1.21. The largest absolute Gasteiger partial charge is 0.491 e. The van der Waals surface area contributed by atoms with Crippen molar-refractivity contribution in [3.05, 3.63) is 59.8 Å². The highest BCUT2D eigenvalue weighted by atomic mass is 16.5. The minimum atomic E-state index is -0.165. The maximum Gasteiger partial charge on any atom is 0.272 e. The summed E-state index contributed by atoms with van der Waals surface area (Å²) in [5.74, 6) is 2.06. The van der Waals surface area contributed by atoms with E-state index < -0.39 is 0 Å². The Morgan fingerprint density at radius 3 is 2.84 bits per heavy atom. The van der Waals surface area contributed by atoms with Gasteiger partial charge in [-0.15, -0.1) is 0 Å². The van der Waals surface area contributed by atoms with Gasteiger partial charge in [-0.3, -0.25) is 9.20 Å². The molecule has 3 fully saturated rings. The van der Waals surface area contributed by atoms with E-state index in [4.69, 9.17) is 10.5 Å². The lowest BCUT2D eigenvalue weighted by atomic mass is 9.42. The van der Waals surface area contributed by atoms with Crippen LogP contribution < -0.4 is 10.5 Å². The number of nitrogens with zero attached hydrogens (tertiary/aromatic N) is 5. The van der Waals surface area contributed by atoms with E-state index in [1.165, 1.54) is 24.8 Å². The van der Waals surface area contributed by atoms with Crippen LogP contribution in [0.4, 0.5) is 5.82 Å². The van der Waals surface area contributed by atoms with Gasteiger partial charge in [-0.1, -0.05) is 12.1 Å². The van der Waals surface area contributed by atoms with Crippen molar-refractivity contribution in [2.24, 2.45) is 5.92 Å². The van der Waals surface area contributed by atoms with Crippen molar-refractivity contribution in [3.8, 4) is 5.75 Å². The Hall–Kier alpha value is -3.68. The highest BCUT2D eigenvalue weighted by Gasteiger charge is 2.57. The van der Waals surface area contributed by atoms with Crippen molar-refractivity contribution in [1.29, 1.82) is 0 Å². The Labute approximate surface area is 184 Å². The molecule has 1 amide bonds. The zero-order valence-electron chi connectivity index (χ0n) is 17.7. The van der Waals surface area contributed by atoms with Gasteiger partial charge in [0.1, 0.15) is 34.9 Å². The summed E-state index contributed by atoms with van der Waals surface area (Å²) in [5.41, 5.74) is 11.3. The van der Waals surface area contributed by atoms with Gasteiger partial charge in [0, 0.05) is 12.6 Å². The predicted octanol–water partition coefficient (Wildman–Crippen LogP) is 3.12. The number of aromatic nitrogens is 4. The molecule has 8 nitrogen and oxygen atoms in total. The highest BCUT2D eigenvalue weighted by molar-refractivity contribution is 5.96. The van der Waals surface area contributed by atoms with Gasteiger partial charge < -0.3 is 15.4 Å². The lowest BCUT2D eigenvalue weighted by molar-refractivity contribution is -0.0275. The molecule has 2 N–H and O–H groups in total. The van der Waals surface area contributed by atoms with Gasteiger partial charge in [-0.25, -0.2) is 15.0 Å². The summed E-state index contributed by atoms with van der Waals surface area (Å²) in [6.45, 7) is 0.452. The van der Waals surface area contributed by atoms with Crippen LogP contribution in [0.5, 0.6) is 5.75 Å². The summed E-state index contributed by atoms with van der Waals surface area (Å²) in [4.78, 5) is 28.0. The number of imidazole rings is 1. The van der Waals surface area contributed by atoms with Gasteiger partial charge in [0.05, 0.1) is 30.3 Å². The molecule has 8 heteroatoms. The van der Waals surface area contributed by atoms with Gasteiger partial charge in [0.2, 0.25) is 0 Å². The second-order valence-electron chi connectivity index (χ2n) is 9.46. The lowest BCUT2D eigenvalue weighted by Crippen LogP contribution is -2.55. The van der Waals surface area contributed by atoms with Gasteiger partial charge in [0.15, 0.2) is 0 Å². The van der Waals surface area contributed by atoms with E-state index >= 15 is 0 Å². The molecule has 3 saturated carbocycles. The molecule has 160 valence electrons. The fraction of sp³-hybridized carbons (Fsp3) is 0.333. The molecule has 3 aliphatic carbocycles. The first kappa shape index (κ1) is 17.9. The fourth-order valence-electron chi connectivity index (χ4n) is 5.69. The normalized spacial score (nSPS) is 25.2. The Morgan fingerprint density at radius 2 is 2.06 bits per heavy atom. The number of pyridine rings is 1. The summed E-state index contributed by atoms with van der Waals surface area (Å²) < 4.78 is 7.85. The number of hydrogen-bond acceptors (Lipinski definition) is 6. The van der Waals surface area contributed by atoms with Crippen LogP contribution in [0.1, 0.15) is 46.9 Å². The minimum Gasteiger partial charge on any atom is -0.491 e. The molecule has 0 saturated heterocycles. The van der Waals surface area contributed by atoms with Crippen LogP contribution in [0, 0.1) is 5.92 Å². The molecule has 1 aromatic carbocycles. The third-order valence-corrected chi connectivity index (χ3v) is 7.69. The van der Waals surface area contributed by atoms with Crippen molar-refractivity contribution in [3.63, 3.8) is 0 Å². The lowest BCUT2D eigenvalue weighted by Gasteiger charge is -2.62. The van der Waals surface area contributed by atoms with Gasteiger partial charge >= 0.3 is 0 Å². The van der Waals surface area contributed by atoms with Crippen LogP contribution in [-0.4, -0.2) is 43.8 Å². The smallest absolute Gasteiger partial charge is 0.272 e. The molecule has 3 aromatic heterocycles. The average Bonchev–Trinajstić information content (AvgIpc) is 3.38. The van der Waals surface area contributed by atoms with E-state index in [-0.39, 0.29) is 11.9 Å². The molecule has 0 radical (unpaired) electrons. The molecule has 1 aliphatic heterocycles. The Bertz CT molecular complexity index is 1430. The Kier molecular flexibility index (Phi) is 3.35. The third-order valence-electron chi connectivity index (χ3n) is 7.69. The summed E-state index contributed by atoms with van der Waals surface area (Å²) in [6, 6.07) is 8.17. The van der Waals surface area contributed by atoms with Crippen molar-refractivity contribution in [1.82, 2.24) is 24.3 Å². The molecular weight excluding hydrogens is 404 g/mol. The maximum atomic E-state index is 13.4. The van der Waals surface area contributed by atoms with Gasteiger partial charge in [-0.2, -0.15) is 0 Å². The number of nitrogens with two attached hydrogens (primary N) is 1. The van der Waals surface area contributed by atoms with E-state index in [1.807, 2.05) is 4.40 Å². The number of benzene rings is 1. The van der Waals surface area contributed by atoms with Crippen LogP contribution in [0.3, 0.4) is 0 Å². The number of fused-ring (bicyclic) bond motifs is 4. The van der Waals surface area contributed by atoms with E-state index in [0.29, 0.717) is 34.6 Å². The van der Waals surface area contributed by atoms with Crippen molar-refractivity contribution in [2.45, 2.75) is 30.7 Å². The second-order valence-corrected chi connectivity index (χ2v) is 9.46. The van der Waals surface area contributed by atoms with E-state index in [9.17, 15) is 4.79 Å². The number of likely N-dealkylation sites (N-methyl/N-ethyl adjacent to an activating group) is 1. The number of carbonyl (C=O) groups is 1. The van der Waals surface area contributed by atoms with Crippen LogP contribution in [0.2, 0.25) is 0 Å². The molecule has 0 unspecified atom stereocenters. The molecule has 32 heavy (non-hydrogen) atoms. The predicted molar refractivity (Wildman–Crippen MR) is 118 cm³/mol. The number of carbonyl (C=O) groups excluding carboxylic acids is 1. The van der Waals surface area contributed by atoms with Crippen molar-refractivity contribution < 1.29 is 9.53 Å². The average molecular weight is 426 g/mol. The number of rotatable bonds is 3. The first-order valence-corrected chi connectivity index (χ1v) is 10.9. The van der Waals surface area contributed by atoms with Gasteiger partial charge in [-0.05, 0) is 48.3 Å². The molecule has 2 bridgehead atoms. The fourth-order valence-corrected chi connectivity index (χ4v) is 5.69. The zero-order valence-corrected chi connectivity index (χ0v) is 17.7. The van der Waals surface area contributed by atoms with Crippen LogP contribution in [-0.2, 0) is 5.41 Å². The van der Waals surface area contributed by atoms with Crippen molar-refractivity contribution in [2.75, 3.05) is 19.4 Å². The number of nitrogen functional groups attached to an aromatic ring is 1. The highest BCUT2D eigenvalue weighted by Crippen LogP contribution is 2.65.